The van der Waals surface area contributed by atoms with Crippen LogP contribution in [0.5, 0.6) is 0 Å². The maximum absolute atomic E-state index is 12.7. The second-order valence-corrected chi connectivity index (χ2v) is 6.38. The average molecular weight is 390 g/mol. The highest BCUT2D eigenvalue weighted by molar-refractivity contribution is 6.09. The predicted molar refractivity (Wildman–Crippen MR) is 97.0 cm³/mol. The molecule has 0 radical (unpaired) electrons. The van der Waals surface area contributed by atoms with Crippen molar-refractivity contribution in [1.82, 2.24) is 20.9 Å². The summed E-state index contributed by atoms with van der Waals surface area (Å²) in [6, 6.07) is 5.61. The van der Waals surface area contributed by atoms with Crippen LogP contribution in [0.3, 0.4) is 0 Å². The maximum atomic E-state index is 12.7. The van der Waals surface area contributed by atoms with Crippen LogP contribution in [0.25, 0.3) is 0 Å². The molecule has 2 rings (SSSR count). The molecule has 0 aromatic heterocycles. The minimum absolute atomic E-state index is 0.324. The van der Waals surface area contributed by atoms with Crippen LogP contribution in [0.2, 0.25) is 0 Å². The van der Waals surface area contributed by atoms with Crippen molar-refractivity contribution >= 4 is 29.8 Å². The Morgan fingerprint density at radius 3 is 2.43 bits per heavy atom. The number of benzene rings is 1. The van der Waals surface area contributed by atoms with Gasteiger partial charge in [0.25, 0.3) is 11.8 Å². The van der Waals surface area contributed by atoms with Crippen molar-refractivity contribution in [2.75, 3.05) is 19.7 Å². The van der Waals surface area contributed by atoms with Gasteiger partial charge < -0.3 is 15.4 Å². The van der Waals surface area contributed by atoms with E-state index in [1.165, 1.54) is 0 Å². The standard InChI is InChI=1S/C18H22N4O6/c1-4-19-16(26)20-13(23)10-28-14(24)9-22-15(25)18(3,21-17(22)27)12-7-5-11(2)6-8-12/h5-8H,4,9-10H2,1-3H3,(H,21,27)(H2,19,20,23,26)/t18-/m1/s1. The minimum atomic E-state index is -1.30. The Balaban J connectivity index is 1.95. The summed E-state index contributed by atoms with van der Waals surface area (Å²) in [5.41, 5.74) is 0.268. The molecule has 0 saturated carbocycles. The molecule has 0 aliphatic carbocycles. The van der Waals surface area contributed by atoms with E-state index in [-0.39, 0.29) is 0 Å². The first-order valence-electron chi connectivity index (χ1n) is 8.62. The number of aryl methyl sites for hydroxylation is 1. The molecule has 150 valence electrons. The molecule has 1 aromatic rings. The highest BCUT2D eigenvalue weighted by Gasteiger charge is 2.49. The van der Waals surface area contributed by atoms with Gasteiger partial charge in [-0.2, -0.15) is 0 Å². The van der Waals surface area contributed by atoms with Crippen molar-refractivity contribution in [3.63, 3.8) is 0 Å². The number of ether oxygens (including phenoxy) is 1. The van der Waals surface area contributed by atoms with Crippen LogP contribution in [0.15, 0.2) is 24.3 Å². The van der Waals surface area contributed by atoms with Gasteiger partial charge in [-0.3, -0.25) is 24.6 Å². The monoisotopic (exact) mass is 390 g/mol. The minimum Gasteiger partial charge on any atom is -0.454 e. The first-order valence-corrected chi connectivity index (χ1v) is 8.62. The Morgan fingerprint density at radius 1 is 1.18 bits per heavy atom. The van der Waals surface area contributed by atoms with Gasteiger partial charge in [-0.05, 0) is 26.3 Å². The Hall–Kier alpha value is -3.43. The molecule has 0 spiro atoms. The zero-order chi connectivity index (χ0) is 20.9. The number of hydrogen-bond acceptors (Lipinski definition) is 6. The molecular formula is C18H22N4O6. The van der Waals surface area contributed by atoms with E-state index in [9.17, 15) is 24.0 Å². The van der Waals surface area contributed by atoms with Crippen LogP contribution in [-0.4, -0.2) is 54.4 Å². The average Bonchev–Trinajstić information content (AvgIpc) is 2.84. The fourth-order valence-corrected chi connectivity index (χ4v) is 2.61. The van der Waals surface area contributed by atoms with Crippen LogP contribution in [0, 0.1) is 6.92 Å². The largest absolute Gasteiger partial charge is 0.454 e. The van der Waals surface area contributed by atoms with E-state index in [1.54, 1.807) is 26.0 Å². The normalized spacial score (nSPS) is 18.5. The SMILES string of the molecule is CCNC(=O)NC(=O)COC(=O)CN1C(=O)N[C@](C)(c2ccc(C)cc2)C1=O. The summed E-state index contributed by atoms with van der Waals surface area (Å²) < 4.78 is 4.73. The number of carbonyl (C=O) groups is 5. The number of rotatable bonds is 6. The van der Waals surface area contributed by atoms with Crippen LogP contribution in [0.4, 0.5) is 9.59 Å². The Labute approximate surface area is 161 Å². The van der Waals surface area contributed by atoms with E-state index in [1.807, 2.05) is 24.4 Å². The molecule has 0 bridgehead atoms. The highest BCUT2D eigenvalue weighted by Crippen LogP contribution is 2.28. The third kappa shape index (κ3) is 4.64. The van der Waals surface area contributed by atoms with Crippen molar-refractivity contribution < 1.29 is 28.7 Å². The quantitative estimate of drug-likeness (QED) is 0.468. The Morgan fingerprint density at radius 2 is 1.82 bits per heavy atom. The van der Waals surface area contributed by atoms with E-state index in [0.717, 1.165) is 10.5 Å². The number of nitrogens with one attached hydrogen (secondary N) is 3. The number of esters is 1. The van der Waals surface area contributed by atoms with E-state index in [0.29, 0.717) is 12.1 Å². The summed E-state index contributed by atoms with van der Waals surface area (Å²) in [7, 11) is 0. The van der Waals surface area contributed by atoms with Crippen molar-refractivity contribution in [3.05, 3.63) is 35.4 Å². The molecule has 10 nitrogen and oxygen atoms in total. The van der Waals surface area contributed by atoms with Crippen LogP contribution >= 0.6 is 0 Å². The highest BCUT2D eigenvalue weighted by atomic mass is 16.5. The third-order valence-corrected chi connectivity index (χ3v) is 4.15. The van der Waals surface area contributed by atoms with Crippen LogP contribution in [-0.2, 0) is 24.7 Å². The molecule has 1 fully saturated rings. The molecule has 3 N–H and O–H groups in total. The van der Waals surface area contributed by atoms with Crippen molar-refractivity contribution in [3.8, 4) is 0 Å². The first-order chi connectivity index (χ1) is 13.2. The van der Waals surface area contributed by atoms with Crippen molar-refractivity contribution in [2.24, 2.45) is 0 Å². The third-order valence-electron chi connectivity index (χ3n) is 4.15. The van der Waals surface area contributed by atoms with Gasteiger partial charge in [0, 0.05) is 6.54 Å². The predicted octanol–water partition coefficient (Wildman–Crippen LogP) is 0.151. The van der Waals surface area contributed by atoms with Gasteiger partial charge in [-0.15, -0.1) is 0 Å². The molecule has 1 atom stereocenters. The number of hydrogen-bond donors (Lipinski definition) is 3. The van der Waals surface area contributed by atoms with E-state index < -0.39 is 48.5 Å². The smallest absolute Gasteiger partial charge is 0.326 e. The number of amides is 6. The molecule has 1 heterocycles. The lowest BCUT2D eigenvalue weighted by molar-refractivity contribution is -0.150. The fourth-order valence-electron chi connectivity index (χ4n) is 2.61. The molecule has 1 aliphatic heterocycles. The van der Waals surface area contributed by atoms with Crippen LogP contribution < -0.4 is 16.0 Å². The van der Waals surface area contributed by atoms with Crippen molar-refractivity contribution in [1.29, 1.82) is 0 Å². The number of imide groups is 2. The molecule has 1 saturated heterocycles. The zero-order valence-corrected chi connectivity index (χ0v) is 15.8. The first kappa shape index (κ1) is 20.9. The molecule has 28 heavy (non-hydrogen) atoms. The summed E-state index contributed by atoms with van der Waals surface area (Å²) in [5, 5.41) is 6.88. The van der Waals surface area contributed by atoms with Crippen LogP contribution in [0.1, 0.15) is 25.0 Å². The summed E-state index contributed by atoms with van der Waals surface area (Å²) in [6.07, 6.45) is 0. The summed E-state index contributed by atoms with van der Waals surface area (Å²) in [5.74, 6) is -2.39. The maximum Gasteiger partial charge on any atom is 0.326 e. The second kappa shape index (κ2) is 8.51. The Kier molecular flexibility index (Phi) is 6.34. The zero-order valence-electron chi connectivity index (χ0n) is 15.8. The van der Waals surface area contributed by atoms with E-state index in [4.69, 9.17) is 4.74 Å². The van der Waals surface area contributed by atoms with E-state index in [2.05, 4.69) is 10.6 Å². The number of urea groups is 2. The lowest BCUT2D eigenvalue weighted by Crippen LogP contribution is -2.43. The second-order valence-electron chi connectivity index (χ2n) is 6.38. The molecule has 6 amide bonds. The summed E-state index contributed by atoms with van der Waals surface area (Å²) in [6.45, 7) is 4.07. The lowest BCUT2D eigenvalue weighted by Gasteiger charge is -2.22. The van der Waals surface area contributed by atoms with Gasteiger partial charge in [0.15, 0.2) is 6.61 Å². The number of carbonyl (C=O) groups excluding carboxylic acids is 5. The summed E-state index contributed by atoms with van der Waals surface area (Å²) >= 11 is 0. The van der Waals surface area contributed by atoms with Gasteiger partial charge >= 0.3 is 18.0 Å². The fraction of sp³-hybridized carbons (Fsp3) is 0.389. The molecule has 1 aromatic carbocycles. The molecular weight excluding hydrogens is 368 g/mol. The topological polar surface area (TPSA) is 134 Å². The van der Waals surface area contributed by atoms with E-state index >= 15 is 0 Å². The van der Waals surface area contributed by atoms with Gasteiger partial charge in [-0.25, -0.2) is 9.59 Å². The molecule has 10 heteroatoms. The van der Waals surface area contributed by atoms with Gasteiger partial charge in [0.05, 0.1) is 0 Å². The van der Waals surface area contributed by atoms with Gasteiger partial charge in [-0.1, -0.05) is 29.8 Å². The molecule has 1 aliphatic rings. The van der Waals surface area contributed by atoms with Gasteiger partial charge in [0.1, 0.15) is 12.1 Å². The molecule has 0 unspecified atom stereocenters. The number of nitrogens with zero attached hydrogens (tertiary/aromatic N) is 1. The Bertz CT molecular complexity index is 807. The summed E-state index contributed by atoms with van der Waals surface area (Å²) in [4.78, 5) is 60.3. The van der Waals surface area contributed by atoms with Crippen molar-refractivity contribution in [2.45, 2.75) is 26.3 Å². The lowest BCUT2D eigenvalue weighted by atomic mass is 9.91. The van der Waals surface area contributed by atoms with Gasteiger partial charge in [0.2, 0.25) is 0 Å².